The van der Waals surface area contributed by atoms with Gasteiger partial charge in [0.05, 0.1) is 23.3 Å². The molecule has 28 heavy (non-hydrogen) atoms. The van der Waals surface area contributed by atoms with Crippen molar-refractivity contribution in [3.63, 3.8) is 0 Å². The Hall–Kier alpha value is -3.28. The van der Waals surface area contributed by atoms with E-state index >= 15 is 0 Å². The molecule has 138 valence electrons. The predicted molar refractivity (Wildman–Crippen MR) is 110 cm³/mol. The molecule has 2 aromatic carbocycles. The van der Waals surface area contributed by atoms with Crippen LogP contribution in [-0.4, -0.2) is 20.4 Å². The van der Waals surface area contributed by atoms with Crippen molar-refractivity contribution in [2.75, 3.05) is 11.1 Å². The summed E-state index contributed by atoms with van der Waals surface area (Å²) in [7, 11) is 0. The number of H-pyrrole nitrogens is 2. The second-order valence-corrected chi connectivity index (χ2v) is 8.45. The van der Waals surface area contributed by atoms with Gasteiger partial charge in [-0.2, -0.15) is 10.2 Å². The number of fused-ring (bicyclic) bond motifs is 10. The molecular formula is C22H20N6. The minimum absolute atomic E-state index is 0.264. The highest BCUT2D eigenvalue weighted by atomic mass is 15.1. The summed E-state index contributed by atoms with van der Waals surface area (Å²) in [5.74, 6) is 2.85. The topological polar surface area (TPSA) is 95.4 Å². The second kappa shape index (κ2) is 4.95. The summed E-state index contributed by atoms with van der Waals surface area (Å²) in [4.78, 5) is 0. The summed E-state index contributed by atoms with van der Waals surface area (Å²) >= 11 is 0. The molecule has 3 heterocycles. The SMILES string of the molecule is Nc1n[nH]c2ccc([C@@H]3Nc4ccc5[nH]ncc5c4[C@@H]4[C@H]3[C@@H]3C=C[C@@H]4C3)cc12. The third kappa shape index (κ3) is 1.73. The lowest BCUT2D eigenvalue weighted by atomic mass is 9.69. The van der Waals surface area contributed by atoms with Gasteiger partial charge in [0, 0.05) is 16.5 Å². The summed E-state index contributed by atoms with van der Waals surface area (Å²) in [5, 5.41) is 20.8. The van der Waals surface area contributed by atoms with Crippen LogP contribution in [0.3, 0.4) is 0 Å². The molecule has 0 radical (unpaired) electrons. The highest BCUT2D eigenvalue weighted by Gasteiger charge is 2.52. The Kier molecular flexibility index (Phi) is 2.61. The first kappa shape index (κ1) is 14.7. The number of aromatic nitrogens is 4. The molecule has 0 amide bonds. The van der Waals surface area contributed by atoms with Gasteiger partial charge in [0.15, 0.2) is 5.82 Å². The van der Waals surface area contributed by atoms with Crippen LogP contribution in [-0.2, 0) is 0 Å². The number of nitrogens with one attached hydrogen (secondary N) is 3. The van der Waals surface area contributed by atoms with E-state index in [1.165, 1.54) is 28.6 Å². The average Bonchev–Trinajstić information content (AvgIpc) is 3.51. The lowest BCUT2D eigenvalue weighted by Gasteiger charge is -2.42. The number of benzene rings is 2. The van der Waals surface area contributed by atoms with E-state index in [1.807, 2.05) is 6.20 Å². The molecule has 1 fully saturated rings. The van der Waals surface area contributed by atoms with E-state index in [-0.39, 0.29) is 6.04 Å². The fraction of sp³-hybridized carbons (Fsp3) is 0.273. The zero-order chi connectivity index (χ0) is 18.4. The van der Waals surface area contributed by atoms with Crippen LogP contribution in [0.5, 0.6) is 0 Å². The minimum atomic E-state index is 0.264. The summed E-state index contributed by atoms with van der Waals surface area (Å²) in [6.45, 7) is 0. The molecule has 2 aromatic heterocycles. The maximum absolute atomic E-state index is 6.08. The van der Waals surface area contributed by atoms with Gasteiger partial charge in [-0.15, -0.1) is 0 Å². The van der Waals surface area contributed by atoms with Crippen LogP contribution >= 0.6 is 0 Å². The Morgan fingerprint density at radius 1 is 0.964 bits per heavy atom. The van der Waals surface area contributed by atoms with Gasteiger partial charge < -0.3 is 11.1 Å². The first-order valence-corrected chi connectivity index (χ1v) is 9.92. The van der Waals surface area contributed by atoms with Crippen molar-refractivity contribution in [3.8, 4) is 0 Å². The zero-order valence-corrected chi connectivity index (χ0v) is 15.2. The molecule has 2 bridgehead atoms. The van der Waals surface area contributed by atoms with E-state index in [2.05, 4.69) is 68.2 Å². The molecule has 0 spiro atoms. The maximum atomic E-state index is 6.08. The molecule has 1 aliphatic heterocycles. The van der Waals surface area contributed by atoms with Crippen molar-refractivity contribution in [1.29, 1.82) is 0 Å². The number of allylic oxidation sites excluding steroid dienone is 2. The van der Waals surface area contributed by atoms with Gasteiger partial charge in [0.1, 0.15) is 0 Å². The van der Waals surface area contributed by atoms with Gasteiger partial charge in [-0.1, -0.05) is 18.2 Å². The van der Waals surface area contributed by atoms with Crippen LogP contribution in [0.15, 0.2) is 48.7 Å². The third-order valence-electron chi connectivity index (χ3n) is 7.19. The van der Waals surface area contributed by atoms with Gasteiger partial charge in [-0.25, -0.2) is 0 Å². The molecule has 7 rings (SSSR count). The number of hydrogen-bond acceptors (Lipinski definition) is 4. The maximum Gasteiger partial charge on any atom is 0.153 e. The molecular weight excluding hydrogens is 348 g/mol. The second-order valence-electron chi connectivity index (χ2n) is 8.45. The van der Waals surface area contributed by atoms with E-state index in [4.69, 9.17) is 5.73 Å². The van der Waals surface area contributed by atoms with Crippen molar-refractivity contribution in [1.82, 2.24) is 20.4 Å². The first-order valence-electron chi connectivity index (χ1n) is 9.92. The van der Waals surface area contributed by atoms with Crippen molar-refractivity contribution in [3.05, 3.63) is 59.8 Å². The van der Waals surface area contributed by atoms with E-state index in [1.54, 1.807) is 0 Å². The number of anilines is 2. The van der Waals surface area contributed by atoms with Crippen LogP contribution < -0.4 is 11.1 Å². The third-order valence-corrected chi connectivity index (χ3v) is 7.19. The number of aromatic amines is 2. The lowest BCUT2D eigenvalue weighted by Crippen LogP contribution is -2.34. The molecule has 0 saturated heterocycles. The Balaban J connectivity index is 1.45. The standard InChI is InChI=1S/C22H20N6/c23-22-13-8-12(3-4-15(13)27-28-22)21-19-11-2-1-10(7-11)18(19)20-14-9-24-26-16(14)5-6-17(20)25-21/h1-6,8-11,18-19,21,25H,7H2,(H,24,26)(H3,23,27,28)/t10-,11-,18+,19-,21+/m1/s1. The van der Waals surface area contributed by atoms with E-state index in [0.717, 1.165) is 16.4 Å². The zero-order valence-electron chi connectivity index (χ0n) is 15.2. The molecule has 4 aromatic rings. The molecule has 5 N–H and O–H groups in total. The van der Waals surface area contributed by atoms with Crippen molar-refractivity contribution >= 4 is 33.3 Å². The Labute approximate surface area is 161 Å². The summed E-state index contributed by atoms with van der Waals surface area (Å²) in [6, 6.07) is 11.1. The first-order chi connectivity index (χ1) is 13.8. The molecule has 1 saturated carbocycles. The van der Waals surface area contributed by atoms with Gasteiger partial charge in [0.25, 0.3) is 0 Å². The van der Waals surface area contributed by atoms with E-state index in [9.17, 15) is 0 Å². The van der Waals surface area contributed by atoms with E-state index < -0.39 is 0 Å². The van der Waals surface area contributed by atoms with Gasteiger partial charge in [-0.05, 0) is 65.5 Å². The summed E-state index contributed by atoms with van der Waals surface area (Å²) in [5.41, 5.74) is 12.2. The fourth-order valence-corrected chi connectivity index (χ4v) is 6.06. The molecule has 2 aliphatic carbocycles. The van der Waals surface area contributed by atoms with Gasteiger partial charge in [0.2, 0.25) is 0 Å². The lowest BCUT2D eigenvalue weighted by molar-refractivity contribution is 0.335. The molecule has 5 atom stereocenters. The predicted octanol–water partition coefficient (Wildman–Crippen LogP) is 4.09. The normalized spacial score (nSPS) is 29.9. The summed E-state index contributed by atoms with van der Waals surface area (Å²) in [6.07, 6.45) is 8.11. The molecule has 6 nitrogen and oxygen atoms in total. The van der Waals surface area contributed by atoms with E-state index in [0.29, 0.717) is 29.5 Å². The van der Waals surface area contributed by atoms with Crippen LogP contribution in [0.25, 0.3) is 21.8 Å². The number of nitrogens with two attached hydrogens (primary N) is 1. The molecule has 3 aliphatic rings. The largest absolute Gasteiger partial charge is 0.382 e. The van der Waals surface area contributed by atoms with Crippen molar-refractivity contribution in [2.24, 2.45) is 17.8 Å². The summed E-state index contributed by atoms with van der Waals surface area (Å²) < 4.78 is 0. The minimum Gasteiger partial charge on any atom is -0.382 e. The molecule has 0 unspecified atom stereocenters. The Morgan fingerprint density at radius 2 is 1.82 bits per heavy atom. The monoisotopic (exact) mass is 368 g/mol. The smallest absolute Gasteiger partial charge is 0.153 e. The molecule has 6 heteroatoms. The van der Waals surface area contributed by atoms with Crippen molar-refractivity contribution < 1.29 is 0 Å². The highest BCUT2D eigenvalue weighted by Crippen LogP contribution is 2.62. The number of nitrogen functional groups attached to an aromatic ring is 1. The van der Waals surface area contributed by atoms with Crippen molar-refractivity contribution in [2.45, 2.75) is 18.4 Å². The Bertz CT molecular complexity index is 1280. The van der Waals surface area contributed by atoms with Crippen LogP contribution in [0, 0.1) is 17.8 Å². The average molecular weight is 368 g/mol. The number of hydrogen-bond donors (Lipinski definition) is 4. The highest BCUT2D eigenvalue weighted by molar-refractivity contribution is 5.90. The quantitative estimate of drug-likeness (QED) is 0.381. The fourth-order valence-electron chi connectivity index (χ4n) is 6.06. The number of rotatable bonds is 1. The Morgan fingerprint density at radius 3 is 2.79 bits per heavy atom. The van der Waals surface area contributed by atoms with Gasteiger partial charge in [-0.3, -0.25) is 10.2 Å². The number of nitrogens with zero attached hydrogens (tertiary/aromatic N) is 2. The van der Waals surface area contributed by atoms with Crippen LogP contribution in [0.2, 0.25) is 0 Å². The van der Waals surface area contributed by atoms with Crippen LogP contribution in [0.4, 0.5) is 11.5 Å². The van der Waals surface area contributed by atoms with Crippen LogP contribution in [0.1, 0.15) is 29.5 Å². The van der Waals surface area contributed by atoms with Gasteiger partial charge >= 0.3 is 0 Å².